The number of hydrogen-bond donors (Lipinski definition) is 1. The average Bonchev–Trinajstić information content (AvgIpc) is 3.09. The van der Waals surface area contributed by atoms with Gasteiger partial charge < -0.3 is 14.1 Å². The number of carbonyl (C=O) groups excluding carboxylic acids is 1. The number of benzene rings is 1. The number of furan rings is 1. The van der Waals surface area contributed by atoms with Gasteiger partial charge in [0.2, 0.25) is 5.56 Å². The third kappa shape index (κ3) is 2.94. The Hall–Kier alpha value is -3.08. The molecule has 5 heteroatoms. The van der Waals surface area contributed by atoms with Gasteiger partial charge in [-0.2, -0.15) is 0 Å². The summed E-state index contributed by atoms with van der Waals surface area (Å²) in [6.07, 6.45) is 1.48. The molecule has 3 rings (SSSR count). The summed E-state index contributed by atoms with van der Waals surface area (Å²) in [5, 5.41) is 0. The Kier molecular flexibility index (Phi) is 4.10. The molecule has 0 saturated heterocycles. The quantitative estimate of drug-likeness (QED) is 0.749. The van der Waals surface area contributed by atoms with E-state index < -0.39 is 5.97 Å². The van der Waals surface area contributed by atoms with Gasteiger partial charge in [0.05, 0.1) is 24.1 Å². The van der Waals surface area contributed by atoms with Crippen molar-refractivity contribution in [1.82, 2.24) is 4.98 Å². The zero-order chi connectivity index (χ0) is 16.2. The summed E-state index contributed by atoms with van der Waals surface area (Å²) in [6, 6.07) is 14.0. The van der Waals surface area contributed by atoms with Crippen LogP contribution in [0.3, 0.4) is 0 Å². The van der Waals surface area contributed by atoms with Crippen molar-refractivity contribution < 1.29 is 13.9 Å². The summed E-state index contributed by atoms with van der Waals surface area (Å²) in [4.78, 5) is 27.2. The van der Waals surface area contributed by atoms with Crippen LogP contribution in [0.2, 0.25) is 0 Å². The average molecular weight is 309 g/mol. The first kappa shape index (κ1) is 14.8. The Morgan fingerprint density at radius 3 is 2.61 bits per heavy atom. The molecule has 0 atom stereocenters. The highest BCUT2D eigenvalue weighted by Crippen LogP contribution is 2.30. The number of aromatic amines is 1. The maximum Gasteiger partial charge on any atom is 0.341 e. The second-order valence-corrected chi connectivity index (χ2v) is 4.86. The van der Waals surface area contributed by atoms with E-state index in [1.807, 2.05) is 30.3 Å². The third-order valence-corrected chi connectivity index (χ3v) is 3.37. The number of esters is 1. The maximum atomic E-state index is 12.5. The monoisotopic (exact) mass is 309 g/mol. The van der Waals surface area contributed by atoms with E-state index in [2.05, 4.69) is 4.98 Å². The van der Waals surface area contributed by atoms with E-state index in [0.29, 0.717) is 17.0 Å². The van der Waals surface area contributed by atoms with Crippen molar-refractivity contribution in [3.8, 4) is 22.6 Å². The number of rotatable bonds is 4. The maximum absolute atomic E-state index is 12.5. The molecule has 0 bridgehead atoms. The molecule has 0 saturated carbocycles. The molecule has 3 aromatic rings. The van der Waals surface area contributed by atoms with Crippen LogP contribution in [0.15, 0.2) is 64.0 Å². The lowest BCUT2D eigenvalue weighted by molar-refractivity contribution is 0.0527. The molecular formula is C18H15NO4. The fourth-order valence-corrected chi connectivity index (χ4v) is 2.43. The summed E-state index contributed by atoms with van der Waals surface area (Å²) in [6.45, 7) is 1.97. The van der Waals surface area contributed by atoms with Crippen LogP contribution in [-0.2, 0) is 4.74 Å². The van der Waals surface area contributed by atoms with E-state index in [-0.39, 0.29) is 17.7 Å². The van der Waals surface area contributed by atoms with Crippen LogP contribution in [0.4, 0.5) is 0 Å². The molecule has 0 spiro atoms. The Morgan fingerprint density at radius 1 is 1.17 bits per heavy atom. The Labute approximate surface area is 132 Å². The smallest absolute Gasteiger partial charge is 0.341 e. The van der Waals surface area contributed by atoms with Gasteiger partial charge in [0, 0.05) is 11.6 Å². The Morgan fingerprint density at radius 2 is 1.96 bits per heavy atom. The largest absolute Gasteiger partial charge is 0.463 e. The standard InChI is InChI=1S/C18H15NO4/c1-2-22-18(21)16-13(12-7-4-3-5-8-12)11-15(20)19-17(16)14-9-6-10-23-14/h3-11H,2H2,1H3,(H,19,20). The van der Waals surface area contributed by atoms with Crippen LogP contribution in [0.5, 0.6) is 0 Å². The highest BCUT2D eigenvalue weighted by Gasteiger charge is 2.22. The second kappa shape index (κ2) is 6.36. The Bertz CT molecular complexity index is 864. The molecule has 0 aliphatic heterocycles. The molecule has 0 unspecified atom stereocenters. The molecule has 2 aromatic heterocycles. The first-order valence-electron chi connectivity index (χ1n) is 7.24. The van der Waals surface area contributed by atoms with Gasteiger partial charge in [0.15, 0.2) is 5.76 Å². The fourth-order valence-electron chi connectivity index (χ4n) is 2.43. The summed E-state index contributed by atoms with van der Waals surface area (Å²) in [5.41, 5.74) is 1.56. The van der Waals surface area contributed by atoms with Crippen LogP contribution in [-0.4, -0.2) is 17.6 Å². The van der Waals surface area contributed by atoms with Crippen LogP contribution in [0.25, 0.3) is 22.6 Å². The van der Waals surface area contributed by atoms with Gasteiger partial charge in [-0.3, -0.25) is 4.79 Å². The van der Waals surface area contributed by atoms with E-state index in [1.165, 1.54) is 12.3 Å². The van der Waals surface area contributed by atoms with Crippen molar-refractivity contribution in [2.24, 2.45) is 0 Å². The van der Waals surface area contributed by atoms with E-state index >= 15 is 0 Å². The number of ether oxygens (including phenoxy) is 1. The zero-order valence-corrected chi connectivity index (χ0v) is 12.5. The lowest BCUT2D eigenvalue weighted by Crippen LogP contribution is -2.15. The number of hydrogen-bond acceptors (Lipinski definition) is 4. The highest BCUT2D eigenvalue weighted by molar-refractivity contribution is 6.02. The van der Waals surface area contributed by atoms with Crippen molar-refractivity contribution >= 4 is 5.97 Å². The Balaban J connectivity index is 2.30. The minimum atomic E-state index is -0.506. The number of nitrogens with one attached hydrogen (secondary N) is 1. The van der Waals surface area contributed by atoms with Gasteiger partial charge in [-0.15, -0.1) is 0 Å². The van der Waals surface area contributed by atoms with E-state index in [9.17, 15) is 9.59 Å². The first-order valence-corrected chi connectivity index (χ1v) is 7.24. The van der Waals surface area contributed by atoms with Gasteiger partial charge in [-0.05, 0) is 24.6 Å². The minimum Gasteiger partial charge on any atom is -0.463 e. The summed E-state index contributed by atoms with van der Waals surface area (Å²) in [5.74, 6) is -0.100. The zero-order valence-electron chi connectivity index (χ0n) is 12.5. The van der Waals surface area contributed by atoms with Gasteiger partial charge in [-0.25, -0.2) is 4.79 Å². The van der Waals surface area contributed by atoms with Crippen molar-refractivity contribution in [2.45, 2.75) is 6.92 Å². The predicted octanol–water partition coefficient (Wildman–Crippen LogP) is 3.48. The topological polar surface area (TPSA) is 72.3 Å². The number of pyridine rings is 1. The SMILES string of the molecule is CCOC(=O)c1c(-c2ccccc2)cc(=O)[nH]c1-c1ccco1. The lowest BCUT2D eigenvalue weighted by atomic mass is 9.98. The molecule has 0 amide bonds. The second-order valence-electron chi connectivity index (χ2n) is 4.86. The first-order chi connectivity index (χ1) is 11.2. The molecule has 0 fully saturated rings. The van der Waals surface area contributed by atoms with E-state index in [0.717, 1.165) is 5.56 Å². The van der Waals surface area contributed by atoms with Gasteiger partial charge in [-0.1, -0.05) is 30.3 Å². The highest BCUT2D eigenvalue weighted by atomic mass is 16.5. The molecular weight excluding hydrogens is 294 g/mol. The molecule has 1 N–H and O–H groups in total. The fraction of sp³-hybridized carbons (Fsp3) is 0.111. The van der Waals surface area contributed by atoms with Crippen molar-refractivity contribution in [3.63, 3.8) is 0 Å². The third-order valence-electron chi connectivity index (χ3n) is 3.37. The molecule has 1 aromatic carbocycles. The number of carbonyl (C=O) groups is 1. The molecule has 2 heterocycles. The predicted molar refractivity (Wildman–Crippen MR) is 86.2 cm³/mol. The summed E-state index contributed by atoms with van der Waals surface area (Å²) in [7, 11) is 0. The minimum absolute atomic E-state index is 0.240. The molecule has 0 aliphatic rings. The van der Waals surface area contributed by atoms with E-state index in [4.69, 9.17) is 9.15 Å². The van der Waals surface area contributed by atoms with Crippen LogP contribution in [0.1, 0.15) is 17.3 Å². The normalized spacial score (nSPS) is 10.5. The summed E-state index contributed by atoms with van der Waals surface area (Å²) < 4.78 is 10.5. The van der Waals surface area contributed by atoms with Gasteiger partial charge in [0.1, 0.15) is 0 Å². The van der Waals surface area contributed by atoms with Crippen LogP contribution < -0.4 is 5.56 Å². The number of aromatic nitrogens is 1. The molecule has 5 nitrogen and oxygen atoms in total. The van der Waals surface area contributed by atoms with Gasteiger partial charge in [0.25, 0.3) is 0 Å². The van der Waals surface area contributed by atoms with Crippen molar-refractivity contribution in [3.05, 3.63) is 70.7 Å². The molecule has 23 heavy (non-hydrogen) atoms. The van der Waals surface area contributed by atoms with Crippen molar-refractivity contribution in [2.75, 3.05) is 6.61 Å². The van der Waals surface area contributed by atoms with Crippen molar-refractivity contribution in [1.29, 1.82) is 0 Å². The molecule has 116 valence electrons. The molecule has 0 radical (unpaired) electrons. The van der Waals surface area contributed by atoms with Crippen LogP contribution >= 0.6 is 0 Å². The van der Waals surface area contributed by atoms with Gasteiger partial charge >= 0.3 is 5.97 Å². The number of H-pyrrole nitrogens is 1. The van der Waals surface area contributed by atoms with Crippen LogP contribution in [0, 0.1) is 0 Å². The molecule has 0 aliphatic carbocycles. The van der Waals surface area contributed by atoms with E-state index in [1.54, 1.807) is 19.1 Å². The summed E-state index contributed by atoms with van der Waals surface area (Å²) >= 11 is 0. The lowest BCUT2D eigenvalue weighted by Gasteiger charge is -2.12.